The molecule has 0 spiro atoms. The van der Waals surface area contributed by atoms with Crippen molar-refractivity contribution >= 4 is 17.7 Å². The van der Waals surface area contributed by atoms with E-state index in [0.29, 0.717) is 12.3 Å². The second-order valence-corrected chi connectivity index (χ2v) is 5.59. The molecule has 1 unspecified atom stereocenters. The summed E-state index contributed by atoms with van der Waals surface area (Å²) >= 11 is 0. The van der Waals surface area contributed by atoms with E-state index in [2.05, 4.69) is 28.8 Å². The van der Waals surface area contributed by atoms with Gasteiger partial charge in [0, 0.05) is 6.42 Å². The molecule has 25 heavy (non-hydrogen) atoms. The molecule has 0 aromatic carbocycles. The van der Waals surface area contributed by atoms with Gasteiger partial charge >= 0.3 is 0 Å². The van der Waals surface area contributed by atoms with Crippen molar-refractivity contribution in [3.05, 3.63) is 48.7 Å². The van der Waals surface area contributed by atoms with Gasteiger partial charge in [-0.25, -0.2) is 0 Å². The number of ketones is 1. The van der Waals surface area contributed by atoms with E-state index in [0.717, 1.165) is 25.0 Å². The van der Waals surface area contributed by atoms with Crippen LogP contribution in [0, 0.1) is 0 Å². The highest BCUT2D eigenvalue weighted by molar-refractivity contribution is 5.95. The second kappa shape index (κ2) is 11.1. The van der Waals surface area contributed by atoms with Gasteiger partial charge in [0.1, 0.15) is 5.78 Å². The Hall–Kier alpha value is -2.47. The van der Waals surface area contributed by atoms with Crippen molar-refractivity contribution in [1.29, 1.82) is 0 Å². The average molecular weight is 345 g/mol. The van der Waals surface area contributed by atoms with Gasteiger partial charge < -0.3 is 10.1 Å². The minimum Gasteiger partial charge on any atom is -0.465 e. The maximum Gasteiger partial charge on any atom is 0.296 e. The highest BCUT2D eigenvalue weighted by atomic mass is 16.5. The summed E-state index contributed by atoms with van der Waals surface area (Å²) in [5.74, 6) is 0.0992. The molecule has 2 aliphatic heterocycles. The fourth-order valence-corrected chi connectivity index (χ4v) is 2.22. The summed E-state index contributed by atoms with van der Waals surface area (Å²) in [6, 6.07) is 0.359. The summed E-state index contributed by atoms with van der Waals surface area (Å²) in [5.41, 5.74) is 1.36. The van der Waals surface area contributed by atoms with E-state index in [1.54, 1.807) is 31.2 Å². The number of nitrogens with zero attached hydrogens (tertiary/aromatic N) is 1. The first-order valence-electron chi connectivity index (χ1n) is 8.41. The Balaban J connectivity index is 0.000000324. The summed E-state index contributed by atoms with van der Waals surface area (Å²) in [6.07, 6.45) is 9.45. The Morgan fingerprint density at radius 3 is 2.76 bits per heavy atom. The first-order valence-corrected chi connectivity index (χ1v) is 8.41. The topological polar surface area (TPSA) is 79.8 Å². The molecule has 2 rings (SSSR count). The molecule has 0 bridgehead atoms. The largest absolute Gasteiger partial charge is 0.465 e. The Morgan fingerprint density at radius 1 is 1.48 bits per heavy atom. The third-order valence-corrected chi connectivity index (χ3v) is 3.55. The van der Waals surface area contributed by atoms with E-state index >= 15 is 0 Å². The van der Waals surface area contributed by atoms with Gasteiger partial charge in [-0.05, 0) is 44.9 Å². The van der Waals surface area contributed by atoms with Crippen LogP contribution < -0.4 is 10.6 Å². The van der Waals surface area contributed by atoms with Crippen LogP contribution in [0.1, 0.15) is 33.1 Å². The zero-order valence-electron chi connectivity index (χ0n) is 15.0. The zero-order valence-corrected chi connectivity index (χ0v) is 15.0. The van der Waals surface area contributed by atoms with Crippen LogP contribution in [0.4, 0.5) is 0 Å². The minimum atomic E-state index is -0.181. The minimum absolute atomic E-state index is 0.176. The summed E-state index contributed by atoms with van der Waals surface area (Å²) in [5, 5.41) is 5.68. The van der Waals surface area contributed by atoms with Crippen molar-refractivity contribution in [2.45, 2.75) is 39.2 Å². The number of hydrogen-bond acceptors (Lipinski definition) is 5. The molecular weight excluding hydrogens is 318 g/mol. The smallest absolute Gasteiger partial charge is 0.296 e. The van der Waals surface area contributed by atoms with Crippen LogP contribution >= 0.6 is 0 Å². The molecule has 0 saturated carbocycles. The molecule has 1 fully saturated rings. The summed E-state index contributed by atoms with van der Waals surface area (Å²) < 4.78 is 5.19. The van der Waals surface area contributed by atoms with Crippen LogP contribution in [0.3, 0.4) is 0 Å². The predicted molar refractivity (Wildman–Crippen MR) is 100 cm³/mol. The van der Waals surface area contributed by atoms with Gasteiger partial charge in [-0.15, -0.1) is 0 Å². The van der Waals surface area contributed by atoms with Crippen LogP contribution in [0.5, 0.6) is 0 Å². The van der Waals surface area contributed by atoms with Crippen LogP contribution in [0.15, 0.2) is 53.7 Å². The van der Waals surface area contributed by atoms with Crippen molar-refractivity contribution in [1.82, 2.24) is 10.6 Å². The number of aliphatic imine (C=N–C) groups is 1. The highest BCUT2D eigenvalue weighted by Gasteiger charge is 2.17. The van der Waals surface area contributed by atoms with Crippen LogP contribution in [0.25, 0.3) is 0 Å². The van der Waals surface area contributed by atoms with Gasteiger partial charge in [0.25, 0.3) is 6.02 Å². The second-order valence-electron chi connectivity index (χ2n) is 5.59. The Bertz CT molecular complexity index is 597. The summed E-state index contributed by atoms with van der Waals surface area (Å²) in [4.78, 5) is 26.2. The highest BCUT2D eigenvalue weighted by Crippen LogP contribution is 2.06. The molecule has 1 amide bonds. The lowest BCUT2D eigenvalue weighted by Gasteiger charge is -2.09. The maximum atomic E-state index is 11.5. The van der Waals surface area contributed by atoms with E-state index in [1.807, 2.05) is 6.92 Å². The lowest BCUT2D eigenvalue weighted by molar-refractivity contribution is -0.119. The Labute approximate surface area is 149 Å². The third-order valence-electron chi connectivity index (χ3n) is 3.55. The molecule has 6 heteroatoms. The fraction of sp³-hybridized carbons (Fsp3) is 0.421. The number of rotatable bonds is 3. The van der Waals surface area contributed by atoms with E-state index in [9.17, 15) is 9.59 Å². The lowest BCUT2D eigenvalue weighted by Crippen LogP contribution is -2.32. The van der Waals surface area contributed by atoms with Gasteiger partial charge in [-0.2, -0.15) is 4.99 Å². The normalized spacial score (nSPS) is 23.8. The monoisotopic (exact) mass is 345 g/mol. The molecule has 2 aliphatic rings. The van der Waals surface area contributed by atoms with Crippen LogP contribution in [0.2, 0.25) is 0 Å². The van der Waals surface area contributed by atoms with E-state index in [4.69, 9.17) is 4.74 Å². The lowest BCUT2D eigenvalue weighted by atomic mass is 10.2. The molecule has 2 N–H and O–H groups in total. The number of carbonyl (C=O) groups excluding carboxylic acids is 2. The number of nitrogens with one attached hydrogen (secondary N) is 2. The predicted octanol–water partition coefficient (Wildman–Crippen LogP) is 2.41. The summed E-state index contributed by atoms with van der Waals surface area (Å²) in [6.45, 7) is 12.3. The van der Waals surface area contributed by atoms with Gasteiger partial charge in [0.15, 0.2) is 0 Å². The van der Waals surface area contributed by atoms with Gasteiger partial charge in [0.05, 0.1) is 18.3 Å². The number of allylic oxidation sites excluding steroid dienone is 4. The molecule has 0 radical (unpaired) electrons. The molecule has 1 atom stereocenters. The van der Waals surface area contributed by atoms with Crippen LogP contribution in [-0.4, -0.2) is 36.9 Å². The molecule has 136 valence electrons. The fourth-order valence-electron chi connectivity index (χ4n) is 2.22. The molecular formula is C19H27N3O3. The molecule has 6 nitrogen and oxygen atoms in total. The summed E-state index contributed by atoms with van der Waals surface area (Å²) in [7, 11) is 0. The van der Waals surface area contributed by atoms with Gasteiger partial charge in [-0.1, -0.05) is 31.4 Å². The van der Waals surface area contributed by atoms with Gasteiger partial charge in [-0.3, -0.25) is 14.9 Å². The van der Waals surface area contributed by atoms with E-state index in [1.165, 1.54) is 0 Å². The number of Topliss-reactive ketones (excluding diaryl/α,β-unsaturated/α-hetero) is 1. The van der Waals surface area contributed by atoms with Crippen molar-refractivity contribution in [2.75, 3.05) is 13.2 Å². The zero-order chi connectivity index (χ0) is 18.7. The first-order chi connectivity index (χ1) is 12.0. The average Bonchev–Trinajstić information content (AvgIpc) is 3.10. The number of amides is 1. The molecule has 0 aromatic rings. The standard InChI is InChI=1S/C13H16N2O2.C6H11NO/c1-4-11-7-6-10(3)14-13(17-5-2)15-12(16)9-8-11;1-5(8)6-3-2-4-7-6/h4,6-8H,1,3,5,9H2,2H3,(H,14,15,16);6-7H,2-4H2,1H3/b7-6-,11-8-;. The van der Waals surface area contributed by atoms with Crippen molar-refractivity contribution in [3.8, 4) is 0 Å². The Morgan fingerprint density at radius 2 is 2.24 bits per heavy atom. The maximum absolute atomic E-state index is 11.5. The number of amidine groups is 1. The Kier molecular flexibility index (Phi) is 9.17. The van der Waals surface area contributed by atoms with Crippen molar-refractivity contribution in [3.63, 3.8) is 0 Å². The molecule has 0 aromatic heterocycles. The number of carbonyl (C=O) groups is 2. The molecule has 2 heterocycles. The SMILES string of the molecule is C=CC1=C/CC(=O)NC(OCC)=NC(=C)/C=C\1.CC(=O)C1CCCN1. The van der Waals surface area contributed by atoms with Crippen molar-refractivity contribution < 1.29 is 14.3 Å². The van der Waals surface area contributed by atoms with E-state index in [-0.39, 0.29) is 30.2 Å². The van der Waals surface area contributed by atoms with Gasteiger partial charge in [0.2, 0.25) is 5.91 Å². The molecule has 1 saturated heterocycles. The number of ether oxygens (including phenoxy) is 1. The van der Waals surface area contributed by atoms with Crippen LogP contribution in [-0.2, 0) is 14.3 Å². The molecule has 0 aliphatic carbocycles. The quantitative estimate of drug-likeness (QED) is 0.823. The van der Waals surface area contributed by atoms with Crippen molar-refractivity contribution in [2.24, 2.45) is 4.99 Å². The first kappa shape index (κ1) is 20.6. The van der Waals surface area contributed by atoms with E-state index < -0.39 is 0 Å². The third kappa shape index (κ3) is 8.26. The number of hydrogen-bond donors (Lipinski definition) is 2.